The number of halogens is 3. The summed E-state index contributed by atoms with van der Waals surface area (Å²) in [4.78, 5) is 24.2. The number of carbonyl (C=O) groups excluding carboxylic acids is 2. The van der Waals surface area contributed by atoms with Gasteiger partial charge in [0, 0.05) is 5.56 Å². The van der Waals surface area contributed by atoms with Crippen LogP contribution in [0.5, 0.6) is 0 Å². The van der Waals surface area contributed by atoms with Crippen LogP contribution >= 0.6 is 23.2 Å². The number of rotatable bonds is 4. The maximum Gasteiger partial charge on any atom is 0.173 e. The monoisotopic (exact) mass is 324 g/mol. The van der Waals surface area contributed by atoms with Crippen LogP contribution in [0.4, 0.5) is 4.39 Å². The number of benzene rings is 2. The van der Waals surface area contributed by atoms with Crippen molar-refractivity contribution < 1.29 is 14.0 Å². The maximum atomic E-state index is 13.4. The zero-order valence-corrected chi connectivity index (χ0v) is 12.6. The molecule has 0 spiro atoms. The molecule has 0 aliphatic carbocycles. The van der Waals surface area contributed by atoms with Crippen molar-refractivity contribution in [1.82, 2.24) is 0 Å². The van der Waals surface area contributed by atoms with Gasteiger partial charge in [0.2, 0.25) is 0 Å². The van der Waals surface area contributed by atoms with E-state index in [1.165, 1.54) is 6.07 Å². The SMILES string of the molecule is Cc1ccc(C(=O)CC(=O)c2c(Cl)ccc(F)c2Cl)cc1. The fourth-order valence-electron chi connectivity index (χ4n) is 1.86. The van der Waals surface area contributed by atoms with Crippen molar-refractivity contribution in [2.45, 2.75) is 13.3 Å². The van der Waals surface area contributed by atoms with Gasteiger partial charge in [-0.05, 0) is 19.1 Å². The molecule has 0 fully saturated rings. The molecule has 0 saturated carbocycles. The Morgan fingerprint density at radius 1 is 1.00 bits per heavy atom. The van der Waals surface area contributed by atoms with Gasteiger partial charge in [-0.2, -0.15) is 0 Å². The first-order chi connectivity index (χ1) is 9.90. The third kappa shape index (κ3) is 3.49. The zero-order valence-electron chi connectivity index (χ0n) is 11.1. The minimum Gasteiger partial charge on any atom is -0.294 e. The smallest absolute Gasteiger partial charge is 0.173 e. The van der Waals surface area contributed by atoms with E-state index in [0.29, 0.717) is 5.56 Å². The summed E-state index contributed by atoms with van der Waals surface area (Å²) in [5.41, 5.74) is 1.27. The van der Waals surface area contributed by atoms with Gasteiger partial charge >= 0.3 is 0 Å². The van der Waals surface area contributed by atoms with Crippen molar-refractivity contribution in [3.05, 3.63) is 69.0 Å². The fraction of sp³-hybridized carbons (Fsp3) is 0.125. The van der Waals surface area contributed by atoms with Crippen molar-refractivity contribution in [1.29, 1.82) is 0 Å². The molecular formula is C16H11Cl2FO2. The Morgan fingerprint density at radius 3 is 2.24 bits per heavy atom. The molecule has 21 heavy (non-hydrogen) atoms. The van der Waals surface area contributed by atoms with Crippen molar-refractivity contribution >= 4 is 34.8 Å². The number of carbonyl (C=O) groups is 2. The average Bonchev–Trinajstić information content (AvgIpc) is 2.44. The molecule has 0 unspecified atom stereocenters. The number of aryl methyl sites for hydroxylation is 1. The summed E-state index contributed by atoms with van der Waals surface area (Å²) in [6, 6.07) is 9.15. The summed E-state index contributed by atoms with van der Waals surface area (Å²) >= 11 is 11.6. The van der Waals surface area contributed by atoms with E-state index >= 15 is 0 Å². The molecule has 0 aliphatic rings. The van der Waals surface area contributed by atoms with Gasteiger partial charge in [-0.15, -0.1) is 0 Å². The minimum atomic E-state index is -0.743. The predicted octanol–water partition coefficient (Wildman–Crippen LogP) is 4.90. The molecule has 2 aromatic carbocycles. The normalized spacial score (nSPS) is 10.5. The molecule has 0 atom stereocenters. The third-order valence-electron chi connectivity index (χ3n) is 3.02. The highest BCUT2D eigenvalue weighted by Crippen LogP contribution is 2.28. The summed E-state index contributed by atoms with van der Waals surface area (Å²) in [7, 11) is 0. The summed E-state index contributed by atoms with van der Waals surface area (Å²) in [5.74, 6) is -1.71. The second-order valence-corrected chi connectivity index (χ2v) is 5.39. The minimum absolute atomic E-state index is 0.0307. The van der Waals surface area contributed by atoms with Gasteiger partial charge in [0.05, 0.1) is 22.0 Å². The Kier molecular flexibility index (Phi) is 4.76. The molecule has 2 nitrogen and oxygen atoms in total. The lowest BCUT2D eigenvalue weighted by Gasteiger charge is -2.07. The lowest BCUT2D eigenvalue weighted by Crippen LogP contribution is -2.10. The van der Waals surface area contributed by atoms with Crippen LogP contribution in [-0.4, -0.2) is 11.6 Å². The van der Waals surface area contributed by atoms with Crippen molar-refractivity contribution in [3.8, 4) is 0 Å². The van der Waals surface area contributed by atoms with Crippen LogP contribution in [0, 0.1) is 12.7 Å². The van der Waals surface area contributed by atoms with Crippen LogP contribution in [0.25, 0.3) is 0 Å². The second kappa shape index (κ2) is 6.37. The highest BCUT2D eigenvalue weighted by atomic mass is 35.5. The van der Waals surface area contributed by atoms with Crippen LogP contribution in [-0.2, 0) is 0 Å². The quantitative estimate of drug-likeness (QED) is 0.455. The molecule has 2 rings (SSSR count). The lowest BCUT2D eigenvalue weighted by atomic mass is 10.0. The standard InChI is InChI=1S/C16H11Cl2FO2/c1-9-2-4-10(5-3-9)13(20)8-14(21)15-11(17)6-7-12(19)16(15)18/h2-7H,8H2,1H3. The van der Waals surface area contributed by atoms with Gasteiger partial charge in [-0.1, -0.05) is 53.0 Å². The fourth-order valence-corrected chi connectivity index (χ4v) is 2.44. The Labute approximate surface area is 131 Å². The molecule has 0 N–H and O–H groups in total. The topological polar surface area (TPSA) is 34.1 Å². The molecule has 0 aromatic heterocycles. The maximum absolute atomic E-state index is 13.4. The number of hydrogen-bond donors (Lipinski definition) is 0. The molecule has 2 aromatic rings. The first-order valence-corrected chi connectivity index (χ1v) is 6.92. The molecule has 0 amide bonds. The van der Waals surface area contributed by atoms with Gasteiger partial charge in [0.1, 0.15) is 5.82 Å². The van der Waals surface area contributed by atoms with Crippen LogP contribution in [0.1, 0.15) is 32.7 Å². The highest BCUT2D eigenvalue weighted by Gasteiger charge is 2.21. The van der Waals surface area contributed by atoms with E-state index in [2.05, 4.69) is 0 Å². The Hall–Kier alpha value is -1.71. The molecule has 0 bridgehead atoms. The van der Waals surface area contributed by atoms with E-state index in [4.69, 9.17) is 23.2 Å². The molecule has 0 aliphatic heterocycles. The van der Waals surface area contributed by atoms with Crippen molar-refractivity contribution in [3.63, 3.8) is 0 Å². The van der Waals surface area contributed by atoms with Crippen molar-refractivity contribution in [2.24, 2.45) is 0 Å². The average molecular weight is 325 g/mol. The van der Waals surface area contributed by atoms with E-state index < -0.39 is 18.0 Å². The summed E-state index contributed by atoms with van der Waals surface area (Å²) in [6.07, 6.45) is -0.411. The number of Topliss-reactive ketones (excluding diaryl/α,β-unsaturated/α-hetero) is 2. The van der Waals surface area contributed by atoms with E-state index in [0.717, 1.165) is 11.6 Å². The van der Waals surface area contributed by atoms with E-state index in [9.17, 15) is 14.0 Å². The van der Waals surface area contributed by atoms with Gasteiger partial charge in [-0.3, -0.25) is 9.59 Å². The van der Waals surface area contributed by atoms with Gasteiger partial charge in [0.25, 0.3) is 0 Å². The van der Waals surface area contributed by atoms with Crippen LogP contribution in [0.2, 0.25) is 10.0 Å². The zero-order chi connectivity index (χ0) is 15.6. The first-order valence-electron chi connectivity index (χ1n) is 6.16. The summed E-state index contributed by atoms with van der Waals surface area (Å²) in [5, 5.41) is -0.327. The number of ketones is 2. The highest BCUT2D eigenvalue weighted by molar-refractivity contribution is 6.40. The number of hydrogen-bond acceptors (Lipinski definition) is 2. The molecular weight excluding hydrogens is 314 g/mol. The van der Waals surface area contributed by atoms with Crippen LogP contribution < -0.4 is 0 Å². The van der Waals surface area contributed by atoms with E-state index in [1.807, 2.05) is 6.92 Å². The van der Waals surface area contributed by atoms with Crippen LogP contribution in [0.3, 0.4) is 0 Å². The van der Waals surface area contributed by atoms with Crippen LogP contribution in [0.15, 0.2) is 36.4 Å². The van der Waals surface area contributed by atoms with Gasteiger partial charge in [0.15, 0.2) is 11.6 Å². The van der Waals surface area contributed by atoms with Gasteiger partial charge in [-0.25, -0.2) is 4.39 Å². The molecule has 0 radical (unpaired) electrons. The van der Waals surface area contributed by atoms with E-state index in [-0.39, 0.29) is 21.4 Å². The Balaban J connectivity index is 2.24. The van der Waals surface area contributed by atoms with Gasteiger partial charge < -0.3 is 0 Å². The largest absolute Gasteiger partial charge is 0.294 e. The Morgan fingerprint density at radius 2 is 1.62 bits per heavy atom. The van der Waals surface area contributed by atoms with Crippen molar-refractivity contribution in [2.75, 3.05) is 0 Å². The Bertz CT molecular complexity index is 709. The summed E-state index contributed by atoms with van der Waals surface area (Å²) < 4.78 is 13.4. The molecule has 5 heteroatoms. The summed E-state index contributed by atoms with van der Waals surface area (Å²) in [6.45, 7) is 1.89. The lowest BCUT2D eigenvalue weighted by molar-refractivity contribution is 0.0894. The third-order valence-corrected chi connectivity index (χ3v) is 3.70. The van der Waals surface area contributed by atoms with E-state index in [1.54, 1.807) is 24.3 Å². The predicted molar refractivity (Wildman–Crippen MR) is 80.9 cm³/mol. The second-order valence-electron chi connectivity index (χ2n) is 4.61. The molecule has 108 valence electrons. The first kappa shape index (κ1) is 15.7. The molecule has 0 saturated heterocycles. The molecule has 0 heterocycles.